The maximum atomic E-state index is 12.1. The standard InChI is InChI=1S/C11H16N4O/c1-15-13-11(12-14-15)6-10(16)9-5-7-2-3-8(9)4-7/h7-9H,2-6H2,1H3. The molecular weight excluding hydrogens is 204 g/mol. The van der Waals surface area contributed by atoms with Crippen molar-refractivity contribution in [1.29, 1.82) is 0 Å². The number of aryl methyl sites for hydroxylation is 1. The molecule has 2 aliphatic rings. The van der Waals surface area contributed by atoms with Gasteiger partial charge in [-0.15, -0.1) is 10.2 Å². The largest absolute Gasteiger partial charge is 0.299 e. The van der Waals surface area contributed by atoms with E-state index in [9.17, 15) is 4.79 Å². The van der Waals surface area contributed by atoms with Crippen LogP contribution in [-0.4, -0.2) is 26.0 Å². The normalized spacial score (nSPS) is 32.2. The average Bonchev–Trinajstić information content (AvgIpc) is 2.93. The zero-order valence-corrected chi connectivity index (χ0v) is 9.46. The van der Waals surface area contributed by atoms with Crippen molar-refractivity contribution in [2.45, 2.75) is 32.1 Å². The van der Waals surface area contributed by atoms with E-state index in [1.54, 1.807) is 7.05 Å². The Morgan fingerprint density at radius 1 is 1.44 bits per heavy atom. The number of ketones is 1. The van der Waals surface area contributed by atoms with Gasteiger partial charge in [-0.3, -0.25) is 4.79 Å². The fraction of sp³-hybridized carbons (Fsp3) is 0.818. The van der Waals surface area contributed by atoms with Crippen LogP contribution >= 0.6 is 0 Å². The van der Waals surface area contributed by atoms with Gasteiger partial charge in [0.25, 0.3) is 0 Å². The number of rotatable bonds is 3. The Bertz CT molecular complexity index is 414. The van der Waals surface area contributed by atoms with Gasteiger partial charge in [0.15, 0.2) is 5.82 Å². The smallest absolute Gasteiger partial charge is 0.182 e. The van der Waals surface area contributed by atoms with E-state index >= 15 is 0 Å². The highest BCUT2D eigenvalue weighted by Gasteiger charge is 2.42. The minimum atomic E-state index is 0.280. The van der Waals surface area contributed by atoms with Crippen LogP contribution in [0.15, 0.2) is 0 Å². The molecule has 2 bridgehead atoms. The highest BCUT2D eigenvalue weighted by Crippen LogP contribution is 2.48. The molecule has 5 heteroatoms. The number of nitrogens with zero attached hydrogens (tertiary/aromatic N) is 4. The summed E-state index contributed by atoms with van der Waals surface area (Å²) in [5.74, 6) is 2.63. The van der Waals surface area contributed by atoms with Crippen molar-refractivity contribution in [1.82, 2.24) is 20.2 Å². The summed E-state index contributed by atoms with van der Waals surface area (Å²) in [7, 11) is 1.72. The molecule has 3 unspecified atom stereocenters. The molecule has 0 radical (unpaired) electrons. The molecule has 0 aromatic carbocycles. The summed E-state index contributed by atoms with van der Waals surface area (Å²) in [6.45, 7) is 0. The molecule has 0 amide bonds. The van der Waals surface area contributed by atoms with Crippen LogP contribution in [0.2, 0.25) is 0 Å². The van der Waals surface area contributed by atoms with E-state index in [1.165, 1.54) is 24.1 Å². The van der Waals surface area contributed by atoms with Crippen LogP contribution in [0, 0.1) is 17.8 Å². The minimum absolute atomic E-state index is 0.280. The van der Waals surface area contributed by atoms with Gasteiger partial charge in [-0.25, -0.2) is 0 Å². The summed E-state index contributed by atoms with van der Waals surface area (Å²) in [6.07, 6.45) is 5.31. The van der Waals surface area contributed by atoms with Crippen molar-refractivity contribution >= 4 is 5.78 Å². The first kappa shape index (κ1) is 9.93. The van der Waals surface area contributed by atoms with Crippen molar-refractivity contribution < 1.29 is 4.79 Å². The molecule has 2 saturated carbocycles. The summed E-state index contributed by atoms with van der Waals surface area (Å²) >= 11 is 0. The highest BCUT2D eigenvalue weighted by molar-refractivity contribution is 5.83. The van der Waals surface area contributed by atoms with E-state index in [0.717, 1.165) is 12.3 Å². The van der Waals surface area contributed by atoms with Crippen molar-refractivity contribution in [3.05, 3.63) is 5.82 Å². The molecular formula is C11H16N4O. The lowest BCUT2D eigenvalue weighted by Crippen LogP contribution is -2.23. The lowest BCUT2D eigenvalue weighted by atomic mass is 9.84. The predicted molar refractivity (Wildman–Crippen MR) is 56.4 cm³/mol. The van der Waals surface area contributed by atoms with Crippen molar-refractivity contribution in [2.24, 2.45) is 24.8 Å². The van der Waals surface area contributed by atoms with Gasteiger partial charge in [0.2, 0.25) is 0 Å². The molecule has 1 aromatic heterocycles. The van der Waals surface area contributed by atoms with Crippen molar-refractivity contribution in [2.75, 3.05) is 0 Å². The number of hydrogen-bond donors (Lipinski definition) is 0. The van der Waals surface area contributed by atoms with Gasteiger partial charge >= 0.3 is 0 Å². The van der Waals surface area contributed by atoms with Gasteiger partial charge in [0.05, 0.1) is 13.5 Å². The molecule has 0 aliphatic heterocycles. The number of hydrogen-bond acceptors (Lipinski definition) is 4. The van der Waals surface area contributed by atoms with Gasteiger partial charge in [-0.05, 0) is 36.3 Å². The van der Waals surface area contributed by atoms with Gasteiger partial charge in [0.1, 0.15) is 5.78 Å². The molecule has 5 nitrogen and oxygen atoms in total. The summed E-state index contributed by atoms with van der Waals surface area (Å²) in [5, 5.41) is 11.7. The number of fused-ring (bicyclic) bond motifs is 2. The Balaban J connectivity index is 1.65. The highest BCUT2D eigenvalue weighted by atomic mass is 16.1. The fourth-order valence-corrected chi connectivity index (χ4v) is 3.32. The van der Waals surface area contributed by atoms with Crippen molar-refractivity contribution in [3.8, 4) is 0 Å². The van der Waals surface area contributed by atoms with Crippen LogP contribution in [0.5, 0.6) is 0 Å². The second kappa shape index (κ2) is 3.64. The third kappa shape index (κ3) is 1.64. The number of Topliss-reactive ketones (excluding diaryl/α,β-unsaturated/α-hetero) is 1. The Morgan fingerprint density at radius 3 is 2.88 bits per heavy atom. The first-order chi connectivity index (χ1) is 7.72. The Hall–Kier alpha value is -1.26. The molecule has 0 spiro atoms. The van der Waals surface area contributed by atoms with Crippen LogP contribution in [0.4, 0.5) is 0 Å². The molecule has 2 fully saturated rings. The number of tetrazole rings is 1. The molecule has 0 saturated heterocycles. The van der Waals surface area contributed by atoms with Crippen LogP contribution in [-0.2, 0) is 18.3 Å². The van der Waals surface area contributed by atoms with Crippen LogP contribution in [0.1, 0.15) is 31.5 Å². The summed E-state index contributed by atoms with van der Waals surface area (Å²) in [5.41, 5.74) is 0. The molecule has 3 atom stereocenters. The Morgan fingerprint density at radius 2 is 2.31 bits per heavy atom. The molecule has 1 aromatic rings. The predicted octanol–water partition coefficient (Wildman–Crippen LogP) is 0.758. The topological polar surface area (TPSA) is 60.7 Å². The second-order valence-electron chi connectivity index (χ2n) is 5.12. The van der Waals surface area contributed by atoms with E-state index in [0.29, 0.717) is 23.9 Å². The summed E-state index contributed by atoms with van der Waals surface area (Å²) in [6, 6.07) is 0. The van der Waals surface area contributed by atoms with E-state index in [2.05, 4.69) is 15.4 Å². The lowest BCUT2D eigenvalue weighted by molar-refractivity contribution is -0.123. The monoisotopic (exact) mass is 220 g/mol. The molecule has 1 heterocycles. The first-order valence-corrected chi connectivity index (χ1v) is 5.98. The number of carbonyl (C=O) groups is 1. The molecule has 2 aliphatic carbocycles. The summed E-state index contributed by atoms with van der Waals surface area (Å²) in [4.78, 5) is 13.5. The van der Waals surface area contributed by atoms with Gasteiger partial charge < -0.3 is 0 Å². The van der Waals surface area contributed by atoms with Crippen LogP contribution < -0.4 is 0 Å². The van der Waals surface area contributed by atoms with Crippen molar-refractivity contribution in [3.63, 3.8) is 0 Å². The maximum Gasteiger partial charge on any atom is 0.182 e. The average molecular weight is 220 g/mol. The third-order valence-electron chi connectivity index (χ3n) is 4.03. The first-order valence-electron chi connectivity index (χ1n) is 5.98. The second-order valence-corrected chi connectivity index (χ2v) is 5.12. The van der Waals surface area contributed by atoms with Gasteiger partial charge in [0, 0.05) is 5.92 Å². The fourth-order valence-electron chi connectivity index (χ4n) is 3.32. The molecule has 3 rings (SSSR count). The van der Waals surface area contributed by atoms with E-state index < -0.39 is 0 Å². The molecule has 0 N–H and O–H groups in total. The maximum absolute atomic E-state index is 12.1. The van der Waals surface area contributed by atoms with E-state index in [1.807, 2.05) is 0 Å². The Kier molecular flexibility index (Phi) is 2.26. The zero-order chi connectivity index (χ0) is 11.1. The van der Waals surface area contributed by atoms with E-state index in [-0.39, 0.29) is 5.92 Å². The van der Waals surface area contributed by atoms with Crippen LogP contribution in [0.25, 0.3) is 0 Å². The lowest BCUT2D eigenvalue weighted by Gasteiger charge is -2.19. The number of carbonyl (C=O) groups excluding carboxylic acids is 1. The zero-order valence-electron chi connectivity index (χ0n) is 9.46. The summed E-state index contributed by atoms with van der Waals surface area (Å²) < 4.78 is 0. The van der Waals surface area contributed by atoms with Crippen LogP contribution in [0.3, 0.4) is 0 Å². The van der Waals surface area contributed by atoms with Gasteiger partial charge in [-0.2, -0.15) is 4.80 Å². The third-order valence-corrected chi connectivity index (χ3v) is 4.03. The molecule has 86 valence electrons. The quantitative estimate of drug-likeness (QED) is 0.754. The molecule has 16 heavy (non-hydrogen) atoms. The van der Waals surface area contributed by atoms with E-state index in [4.69, 9.17) is 0 Å². The SMILES string of the molecule is Cn1nnc(CC(=O)C2CC3CCC2C3)n1. The van der Waals surface area contributed by atoms with Gasteiger partial charge in [-0.1, -0.05) is 6.42 Å². The number of aromatic nitrogens is 4. The Labute approximate surface area is 94.2 Å². The minimum Gasteiger partial charge on any atom is -0.299 e.